The van der Waals surface area contributed by atoms with E-state index in [1.807, 2.05) is 53.1 Å². The number of amides is 3. The van der Waals surface area contributed by atoms with E-state index in [4.69, 9.17) is 4.98 Å². The van der Waals surface area contributed by atoms with Crippen molar-refractivity contribution in [3.63, 3.8) is 0 Å². The summed E-state index contributed by atoms with van der Waals surface area (Å²) >= 11 is 0. The van der Waals surface area contributed by atoms with Gasteiger partial charge < -0.3 is 19.7 Å². The molecule has 2 aliphatic rings. The molecule has 7 heteroatoms. The van der Waals surface area contributed by atoms with Crippen LogP contribution in [0.1, 0.15) is 60.4 Å². The summed E-state index contributed by atoms with van der Waals surface area (Å²) in [5.41, 5.74) is 4.13. The van der Waals surface area contributed by atoms with Crippen LogP contribution in [0.2, 0.25) is 0 Å². The molecule has 0 radical (unpaired) electrons. The third kappa shape index (κ3) is 3.86. The summed E-state index contributed by atoms with van der Waals surface area (Å²) in [4.78, 5) is 35.3. The number of anilines is 1. The van der Waals surface area contributed by atoms with Gasteiger partial charge in [0.15, 0.2) is 0 Å². The molecule has 2 fully saturated rings. The van der Waals surface area contributed by atoms with Gasteiger partial charge in [0, 0.05) is 26.2 Å². The monoisotopic (exact) mass is 445 g/mol. The lowest BCUT2D eigenvalue weighted by molar-refractivity contribution is 0.0793. The molecule has 0 spiro atoms. The number of hydrogen-bond donors (Lipinski definition) is 1. The largest absolute Gasteiger partial charge is 0.339 e. The zero-order valence-electron chi connectivity index (χ0n) is 19.4. The predicted octanol–water partition coefficient (Wildman–Crippen LogP) is 4.97. The summed E-state index contributed by atoms with van der Waals surface area (Å²) < 4.78 is 2.21. The number of urea groups is 1. The third-order valence-electron chi connectivity index (χ3n) is 6.93. The molecule has 172 valence electrons. The molecule has 7 nitrogen and oxygen atoms in total. The maximum atomic E-state index is 13.5. The highest BCUT2D eigenvalue weighted by Crippen LogP contribution is 2.34. The first-order valence-corrected chi connectivity index (χ1v) is 12.0. The number of carbonyl (C=O) groups excluding carboxylic acids is 2. The van der Waals surface area contributed by atoms with Gasteiger partial charge >= 0.3 is 6.03 Å². The van der Waals surface area contributed by atoms with Gasteiger partial charge in [-0.3, -0.25) is 4.79 Å². The van der Waals surface area contributed by atoms with Crippen LogP contribution in [-0.4, -0.2) is 50.9 Å². The van der Waals surface area contributed by atoms with Crippen LogP contribution in [0.3, 0.4) is 0 Å². The zero-order valence-corrected chi connectivity index (χ0v) is 19.4. The van der Waals surface area contributed by atoms with Gasteiger partial charge in [-0.15, -0.1) is 0 Å². The van der Waals surface area contributed by atoms with E-state index < -0.39 is 0 Å². The molecule has 1 unspecified atom stereocenters. The molecule has 2 aromatic carbocycles. The van der Waals surface area contributed by atoms with Gasteiger partial charge in [-0.1, -0.05) is 24.3 Å². The Bertz CT molecular complexity index is 1190. The Morgan fingerprint density at radius 1 is 1.03 bits per heavy atom. The fourth-order valence-corrected chi connectivity index (χ4v) is 5.28. The van der Waals surface area contributed by atoms with Crippen molar-refractivity contribution in [3.8, 4) is 0 Å². The van der Waals surface area contributed by atoms with Gasteiger partial charge in [-0.25, -0.2) is 9.78 Å². The average molecular weight is 446 g/mol. The SMILES string of the molecule is CCn1c(C2CCCN2C(=O)Nc2cccc(C)c2C(=O)N2CCCC2)nc2ccccc21. The summed E-state index contributed by atoms with van der Waals surface area (Å²) in [5, 5.41) is 3.07. The maximum Gasteiger partial charge on any atom is 0.322 e. The van der Waals surface area contributed by atoms with Crippen LogP contribution in [0.15, 0.2) is 42.5 Å². The fourth-order valence-electron chi connectivity index (χ4n) is 5.28. The Labute approximate surface area is 194 Å². The minimum atomic E-state index is -0.173. The van der Waals surface area contributed by atoms with Crippen LogP contribution >= 0.6 is 0 Å². The van der Waals surface area contributed by atoms with E-state index in [1.165, 1.54) is 0 Å². The van der Waals surface area contributed by atoms with Crippen molar-refractivity contribution in [1.29, 1.82) is 0 Å². The number of fused-ring (bicyclic) bond motifs is 1. The molecule has 5 rings (SSSR count). The van der Waals surface area contributed by atoms with Crippen molar-refractivity contribution in [2.45, 2.75) is 52.1 Å². The standard InChI is InChI=1S/C26H31N5O2/c1-3-30-21-13-5-4-11-19(21)27-24(30)22-14-9-17-31(22)26(33)28-20-12-8-10-18(2)23(20)25(32)29-15-6-7-16-29/h4-5,8,10-13,22H,3,6-7,9,14-17H2,1-2H3,(H,28,33). The molecule has 33 heavy (non-hydrogen) atoms. The van der Waals surface area contributed by atoms with Crippen LogP contribution in [0.5, 0.6) is 0 Å². The number of hydrogen-bond acceptors (Lipinski definition) is 3. The van der Waals surface area contributed by atoms with Gasteiger partial charge in [0.2, 0.25) is 0 Å². The number of benzene rings is 2. The van der Waals surface area contributed by atoms with E-state index in [9.17, 15) is 9.59 Å². The highest BCUT2D eigenvalue weighted by Gasteiger charge is 2.34. The first-order chi connectivity index (χ1) is 16.1. The number of likely N-dealkylation sites (tertiary alicyclic amines) is 2. The van der Waals surface area contributed by atoms with Crippen molar-refractivity contribution in [1.82, 2.24) is 19.4 Å². The van der Waals surface area contributed by atoms with E-state index >= 15 is 0 Å². The first kappa shape index (κ1) is 21.5. The van der Waals surface area contributed by atoms with Crippen molar-refractivity contribution < 1.29 is 9.59 Å². The Balaban J connectivity index is 1.43. The van der Waals surface area contributed by atoms with Gasteiger partial charge in [-0.2, -0.15) is 0 Å². The topological polar surface area (TPSA) is 70.5 Å². The normalized spacial score (nSPS) is 18.3. The van der Waals surface area contributed by atoms with Crippen LogP contribution in [-0.2, 0) is 6.54 Å². The molecule has 2 aliphatic heterocycles. The van der Waals surface area contributed by atoms with Crippen LogP contribution in [0.4, 0.5) is 10.5 Å². The summed E-state index contributed by atoms with van der Waals surface area (Å²) in [6, 6.07) is 13.5. The number of aromatic nitrogens is 2. The summed E-state index contributed by atoms with van der Waals surface area (Å²) in [6.07, 6.45) is 3.88. The van der Waals surface area contributed by atoms with Crippen molar-refractivity contribution in [2.75, 3.05) is 25.0 Å². The molecule has 3 heterocycles. The lowest BCUT2D eigenvalue weighted by Crippen LogP contribution is -2.36. The van der Waals surface area contributed by atoms with Crippen LogP contribution < -0.4 is 5.32 Å². The Morgan fingerprint density at radius 3 is 2.61 bits per heavy atom. The summed E-state index contributed by atoms with van der Waals surface area (Å²) in [7, 11) is 0. The lowest BCUT2D eigenvalue weighted by Gasteiger charge is -2.26. The molecule has 2 saturated heterocycles. The maximum absolute atomic E-state index is 13.5. The molecule has 1 atom stereocenters. The second-order valence-corrected chi connectivity index (χ2v) is 8.98. The van der Waals surface area contributed by atoms with Gasteiger partial charge in [0.05, 0.1) is 28.3 Å². The number of imidazole rings is 1. The molecule has 0 saturated carbocycles. The molecule has 0 bridgehead atoms. The van der Waals surface area contributed by atoms with Crippen molar-refractivity contribution in [3.05, 3.63) is 59.4 Å². The Hall–Kier alpha value is -3.35. The lowest BCUT2D eigenvalue weighted by atomic mass is 10.1. The quantitative estimate of drug-likeness (QED) is 0.616. The van der Waals surface area contributed by atoms with E-state index in [0.29, 0.717) is 17.8 Å². The van der Waals surface area contributed by atoms with E-state index in [1.54, 1.807) is 0 Å². The smallest absolute Gasteiger partial charge is 0.322 e. The van der Waals surface area contributed by atoms with Gasteiger partial charge in [0.25, 0.3) is 5.91 Å². The van der Waals surface area contributed by atoms with Gasteiger partial charge in [0.1, 0.15) is 5.82 Å². The Kier molecular flexibility index (Phi) is 5.79. The van der Waals surface area contributed by atoms with E-state index in [-0.39, 0.29) is 18.0 Å². The van der Waals surface area contributed by atoms with E-state index in [2.05, 4.69) is 22.9 Å². The molecule has 0 aliphatic carbocycles. The number of para-hydroxylation sites is 2. The minimum Gasteiger partial charge on any atom is -0.339 e. The molecule has 1 aromatic heterocycles. The molecule has 1 N–H and O–H groups in total. The average Bonchev–Trinajstić information content (AvgIpc) is 3.58. The predicted molar refractivity (Wildman–Crippen MR) is 129 cm³/mol. The number of rotatable bonds is 4. The second kappa shape index (κ2) is 8.89. The fraction of sp³-hybridized carbons (Fsp3) is 0.423. The molecule has 3 aromatic rings. The third-order valence-corrected chi connectivity index (χ3v) is 6.93. The highest BCUT2D eigenvalue weighted by atomic mass is 16.2. The molecular weight excluding hydrogens is 414 g/mol. The van der Waals surface area contributed by atoms with Crippen molar-refractivity contribution in [2.24, 2.45) is 0 Å². The number of nitrogens with zero attached hydrogens (tertiary/aromatic N) is 4. The van der Waals surface area contributed by atoms with Crippen LogP contribution in [0, 0.1) is 6.92 Å². The highest BCUT2D eigenvalue weighted by molar-refractivity contribution is 6.04. The summed E-state index contributed by atoms with van der Waals surface area (Å²) in [5.74, 6) is 0.940. The number of aryl methyl sites for hydroxylation is 2. The summed E-state index contributed by atoms with van der Waals surface area (Å²) in [6.45, 7) is 7.07. The first-order valence-electron chi connectivity index (χ1n) is 12.0. The van der Waals surface area contributed by atoms with Crippen LogP contribution in [0.25, 0.3) is 11.0 Å². The van der Waals surface area contributed by atoms with Crippen molar-refractivity contribution >= 4 is 28.7 Å². The number of carbonyl (C=O) groups is 2. The zero-order chi connectivity index (χ0) is 22.9. The molecular formula is C26H31N5O2. The minimum absolute atomic E-state index is 0.00616. The molecule has 3 amide bonds. The number of nitrogens with one attached hydrogen (secondary N) is 1. The van der Waals surface area contributed by atoms with Gasteiger partial charge in [-0.05, 0) is 63.3 Å². The second-order valence-electron chi connectivity index (χ2n) is 8.98. The Morgan fingerprint density at radius 2 is 1.82 bits per heavy atom. The van der Waals surface area contributed by atoms with E-state index in [0.717, 1.165) is 67.7 Å².